The Morgan fingerprint density at radius 2 is 2.07 bits per heavy atom. The minimum atomic E-state index is -4.72. The van der Waals surface area contributed by atoms with Gasteiger partial charge in [-0.2, -0.15) is 0 Å². The van der Waals surface area contributed by atoms with Crippen molar-refractivity contribution in [2.45, 2.75) is 19.3 Å². The average Bonchev–Trinajstić information content (AvgIpc) is 2.01. The Bertz CT molecular complexity index is 317. The van der Waals surface area contributed by atoms with Gasteiger partial charge in [0.1, 0.15) is 0 Å². The second kappa shape index (κ2) is 5.18. The van der Waals surface area contributed by atoms with E-state index in [1.807, 2.05) is 0 Å². The first kappa shape index (κ1) is 14.0. The Morgan fingerprint density at radius 3 is 2.53 bits per heavy atom. The molecule has 0 amide bonds. The minimum Gasteiger partial charge on any atom is -0.388 e. The highest BCUT2D eigenvalue weighted by Gasteiger charge is 2.31. The van der Waals surface area contributed by atoms with E-state index in [0.717, 1.165) is 6.07 Å². The van der Waals surface area contributed by atoms with Crippen LogP contribution in [0.4, 0.5) is 13.2 Å². The Balaban J connectivity index is 0.00000196. The zero-order chi connectivity index (χ0) is 10.8. The van der Waals surface area contributed by atoms with E-state index in [9.17, 15) is 13.2 Å². The lowest BCUT2D eigenvalue weighted by molar-refractivity contribution is -0.276. The number of nitrogens with zero attached hydrogens (tertiary/aromatic N) is 1. The van der Waals surface area contributed by atoms with Gasteiger partial charge in [-0.3, -0.25) is 0 Å². The zero-order valence-corrected chi connectivity index (χ0v) is 8.60. The summed E-state index contributed by atoms with van der Waals surface area (Å²) in [5.41, 5.74) is 6.02. The fraction of sp³-hybridized carbons (Fsp3) is 0.375. The molecule has 0 saturated heterocycles. The molecule has 0 fully saturated rings. The quantitative estimate of drug-likeness (QED) is 0.866. The normalized spacial score (nSPS) is 12.9. The molecule has 0 saturated carbocycles. The van der Waals surface area contributed by atoms with Gasteiger partial charge in [-0.1, -0.05) is 0 Å². The van der Waals surface area contributed by atoms with E-state index >= 15 is 0 Å². The molecule has 1 aromatic rings. The standard InChI is InChI=1S/C8H9F3N2O.ClH/c1-5(12)6-2-3-13-7(4-6)14-8(9,10)11;/h2-5H,12H2,1H3;1H. The van der Waals surface area contributed by atoms with Gasteiger partial charge < -0.3 is 10.5 Å². The number of aromatic nitrogens is 1. The Morgan fingerprint density at radius 1 is 1.47 bits per heavy atom. The highest BCUT2D eigenvalue weighted by Crippen LogP contribution is 2.22. The number of ether oxygens (including phenoxy) is 1. The molecule has 7 heteroatoms. The number of hydrogen-bond acceptors (Lipinski definition) is 3. The third-order valence-electron chi connectivity index (χ3n) is 1.50. The van der Waals surface area contributed by atoms with Gasteiger partial charge in [0.05, 0.1) is 0 Å². The van der Waals surface area contributed by atoms with E-state index in [-0.39, 0.29) is 18.4 Å². The van der Waals surface area contributed by atoms with Crippen molar-refractivity contribution in [1.82, 2.24) is 4.98 Å². The van der Waals surface area contributed by atoms with Crippen LogP contribution < -0.4 is 10.5 Å². The fourth-order valence-electron chi connectivity index (χ4n) is 0.882. The number of pyridine rings is 1. The van der Waals surface area contributed by atoms with E-state index in [0.29, 0.717) is 5.56 Å². The number of nitrogens with two attached hydrogens (primary N) is 1. The van der Waals surface area contributed by atoms with E-state index < -0.39 is 12.2 Å². The first-order valence-corrected chi connectivity index (χ1v) is 3.86. The highest BCUT2D eigenvalue weighted by atomic mass is 35.5. The third-order valence-corrected chi connectivity index (χ3v) is 1.50. The number of hydrogen-bond donors (Lipinski definition) is 1. The predicted octanol–water partition coefficient (Wildman–Crippen LogP) is 2.42. The molecule has 0 bridgehead atoms. The molecule has 2 N–H and O–H groups in total. The number of alkyl halides is 3. The second-order valence-electron chi connectivity index (χ2n) is 2.76. The highest BCUT2D eigenvalue weighted by molar-refractivity contribution is 5.85. The molecule has 1 aromatic heterocycles. The molecule has 3 nitrogen and oxygen atoms in total. The van der Waals surface area contributed by atoms with E-state index in [4.69, 9.17) is 5.73 Å². The SMILES string of the molecule is CC(N)c1ccnc(OC(F)(F)F)c1.Cl. The van der Waals surface area contributed by atoms with E-state index in [1.165, 1.54) is 12.3 Å². The molecule has 0 aliphatic heterocycles. The first-order valence-electron chi connectivity index (χ1n) is 3.86. The maximum atomic E-state index is 11.8. The summed E-state index contributed by atoms with van der Waals surface area (Å²) in [7, 11) is 0. The second-order valence-corrected chi connectivity index (χ2v) is 2.76. The maximum absolute atomic E-state index is 11.8. The van der Waals surface area contributed by atoms with Crippen LogP contribution in [0.2, 0.25) is 0 Å². The van der Waals surface area contributed by atoms with Crippen LogP contribution in [-0.2, 0) is 0 Å². The van der Waals surface area contributed by atoms with Gasteiger partial charge in [-0.25, -0.2) is 4.98 Å². The maximum Gasteiger partial charge on any atom is 0.574 e. The van der Waals surface area contributed by atoms with Gasteiger partial charge in [0, 0.05) is 18.3 Å². The molecule has 0 aliphatic rings. The summed E-state index contributed by atoms with van der Waals surface area (Å²) in [6, 6.07) is 2.35. The molecule has 1 heterocycles. The molecule has 1 unspecified atom stereocenters. The Labute approximate surface area is 90.8 Å². The number of rotatable bonds is 2. The molecule has 0 aliphatic carbocycles. The molecule has 86 valence electrons. The largest absolute Gasteiger partial charge is 0.574 e. The summed E-state index contributed by atoms with van der Waals surface area (Å²) in [5.74, 6) is -0.493. The van der Waals surface area contributed by atoms with Gasteiger partial charge in [-0.05, 0) is 18.6 Å². The van der Waals surface area contributed by atoms with Gasteiger partial charge in [0.25, 0.3) is 0 Å². The summed E-state index contributed by atoms with van der Waals surface area (Å²) in [6.07, 6.45) is -3.50. The predicted molar refractivity (Wildman–Crippen MR) is 50.8 cm³/mol. The van der Waals surface area contributed by atoms with Crippen LogP contribution in [-0.4, -0.2) is 11.3 Å². The summed E-state index contributed by atoms with van der Waals surface area (Å²) in [6.45, 7) is 1.66. The summed E-state index contributed by atoms with van der Waals surface area (Å²) < 4.78 is 39.0. The van der Waals surface area contributed by atoms with Crippen molar-refractivity contribution in [1.29, 1.82) is 0 Å². The average molecular weight is 243 g/mol. The van der Waals surface area contributed by atoms with Crippen molar-refractivity contribution < 1.29 is 17.9 Å². The smallest absolute Gasteiger partial charge is 0.388 e. The molecule has 1 rings (SSSR count). The van der Waals surface area contributed by atoms with E-state index in [2.05, 4.69) is 9.72 Å². The molecule has 1 atom stereocenters. The van der Waals surface area contributed by atoms with Crippen molar-refractivity contribution in [3.8, 4) is 5.88 Å². The summed E-state index contributed by atoms with van der Waals surface area (Å²) in [4.78, 5) is 3.41. The summed E-state index contributed by atoms with van der Waals surface area (Å²) in [5, 5.41) is 0. The van der Waals surface area contributed by atoms with Crippen LogP contribution in [0.15, 0.2) is 18.3 Å². The lowest BCUT2D eigenvalue weighted by atomic mass is 10.1. The minimum absolute atomic E-state index is 0. The van der Waals surface area contributed by atoms with Crippen molar-refractivity contribution >= 4 is 12.4 Å². The lowest BCUT2D eigenvalue weighted by Crippen LogP contribution is -2.18. The van der Waals surface area contributed by atoms with Gasteiger partial charge in [0.2, 0.25) is 5.88 Å². The number of halogens is 4. The van der Waals surface area contributed by atoms with Crippen LogP contribution >= 0.6 is 12.4 Å². The molecular weight excluding hydrogens is 233 g/mol. The lowest BCUT2D eigenvalue weighted by Gasteiger charge is -2.10. The Hall–Kier alpha value is -1.01. The van der Waals surface area contributed by atoms with Gasteiger partial charge in [0.15, 0.2) is 0 Å². The van der Waals surface area contributed by atoms with Crippen molar-refractivity contribution in [2.24, 2.45) is 5.73 Å². The summed E-state index contributed by atoms with van der Waals surface area (Å²) >= 11 is 0. The van der Waals surface area contributed by atoms with Crippen molar-refractivity contribution in [3.63, 3.8) is 0 Å². The van der Waals surface area contributed by atoms with Crippen LogP contribution in [0.3, 0.4) is 0 Å². The third kappa shape index (κ3) is 4.85. The monoisotopic (exact) mass is 242 g/mol. The van der Waals surface area contributed by atoms with Crippen molar-refractivity contribution in [3.05, 3.63) is 23.9 Å². The zero-order valence-electron chi connectivity index (χ0n) is 7.78. The van der Waals surface area contributed by atoms with Crippen LogP contribution in [0.1, 0.15) is 18.5 Å². The van der Waals surface area contributed by atoms with Crippen molar-refractivity contribution in [2.75, 3.05) is 0 Å². The molecule has 15 heavy (non-hydrogen) atoms. The molecule has 0 aromatic carbocycles. The topological polar surface area (TPSA) is 48.1 Å². The van der Waals surface area contributed by atoms with E-state index in [1.54, 1.807) is 6.92 Å². The fourth-order valence-corrected chi connectivity index (χ4v) is 0.882. The van der Waals surface area contributed by atoms with Gasteiger partial charge in [-0.15, -0.1) is 25.6 Å². The molecule has 0 spiro atoms. The molecule has 0 radical (unpaired) electrons. The molecular formula is C8H10ClF3N2O. The van der Waals surface area contributed by atoms with Crippen LogP contribution in [0, 0.1) is 0 Å². The van der Waals surface area contributed by atoms with Gasteiger partial charge >= 0.3 is 6.36 Å². The Kier molecular flexibility index (Phi) is 4.83. The van der Waals surface area contributed by atoms with Crippen LogP contribution in [0.25, 0.3) is 0 Å². The van der Waals surface area contributed by atoms with Crippen LogP contribution in [0.5, 0.6) is 5.88 Å². The first-order chi connectivity index (χ1) is 6.38.